The number of nitrogens with one attached hydrogen (secondary N) is 1. The molecule has 0 saturated heterocycles. The minimum absolute atomic E-state index is 0.0272. The summed E-state index contributed by atoms with van der Waals surface area (Å²) >= 11 is 0. The molecule has 0 unspecified atom stereocenters. The van der Waals surface area contributed by atoms with Crippen LogP contribution in [0.5, 0.6) is 0 Å². The molecular formula is C22H18N4O3. The van der Waals surface area contributed by atoms with Crippen molar-refractivity contribution < 1.29 is 14.4 Å². The molecule has 144 valence electrons. The number of imide groups is 1. The van der Waals surface area contributed by atoms with Crippen molar-refractivity contribution in [2.45, 2.75) is 13.3 Å². The second-order valence-corrected chi connectivity index (χ2v) is 6.89. The number of nitrogens with zero attached hydrogens (tertiary/aromatic N) is 3. The third-order valence-corrected chi connectivity index (χ3v) is 4.76. The summed E-state index contributed by atoms with van der Waals surface area (Å²) < 4.78 is 0. The molecule has 0 saturated carbocycles. The molecule has 1 N–H and O–H groups in total. The number of anilines is 1. The van der Waals surface area contributed by atoms with Crippen LogP contribution < -0.4 is 5.32 Å². The monoisotopic (exact) mass is 386 g/mol. The molecule has 1 aliphatic rings. The number of fused-ring (bicyclic) bond motifs is 1. The summed E-state index contributed by atoms with van der Waals surface area (Å²) in [6.45, 7) is 1.83. The molecule has 3 aromatic rings. The number of carbonyl (C=O) groups excluding carboxylic acids is 3. The van der Waals surface area contributed by atoms with Crippen molar-refractivity contribution >= 4 is 23.5 Å². The maximum Gasteiger partial charge on any atom is 0.261 e. The lowest BCUT2D eigenvalue weighted by molar-refractivity contribution is -0.115. The molecule has 3 amide bonds. The first-order chi connectivity index (χ1) is 13.9. The largest absolute Gasteiger partial charge is 0.310 e. The van der Waals surface area contributed by atoms with Gasteiger partial charge in [0.15, 0.2) is 0 Å². The first kappa shape index (κ1) is 18.5. The fourth-order valence-electron chi connectivity index (χ4n) is 3.38. The summed E-state index contributed by atoms with van der Waals surface area (Å²) in [5, 5.41) is 2.74. The van der Waals surface area contributed by atoms with Gasteiger partial charge in [0, 0.05) is 25.0 Å². The van der Waals surface area contributed by atoms with Gasteiger partial charge in [-0.3, -0.25) is 24.3 Å². The van der Waals surface area contributed by atoms with Crippen LogP contribution in [0.25, 0.3) is 11.3 Å². The molecule has 0 spiro atoms. The Bertz CT molecular complexity index is 1120. The van der Waals surface area contributed by atoms with E-state index in [0.29, 0.717) is 22.5 Å². The standard InChI is InChI=1S/C22H18N4O3/c1-13-9-15(20-16(10-13)21(28)26(2)22(20)29)11-19(27)25-18-7-6-14(12-24-18)17-5-3-4-8-23-17/h3-10,12H,11H2,1-2H3,(H,24,25,27). The smallest absolute Gasteiger partial charge is 0.261 e. The van der Waals surface area contributed by atoms with Crippen LogP contribution in [0.15, 0.2) is 54.9 Å². The van der Waals surface area contributed by atoms with E-state index in [1.54, 1.807) is 30.6 Å². The van der Waals surface area contributed by atoms with E-state index in [-0.39, 0.29) is 24.1 Å². The molecule has 0 fully saturated rings. The van der Waals surface area contributed by atoms with E-state index in [4.69, 9.17) is 0 Å². The fraction of sp³-hybridized carbons (Fsp3) is 0.136. The van der Waals surface area contributed by atoms with Crippen LogP contribution in [0, 0.1) is 6.92 Å². The van der Waals surface area contributed by atoms with E-state index in [0.717, 1.165) is 21.7 Å². The predicted molar refractivity (Wildman–Crippen MR) is 107 cm³/mol. The number of rotatable bonds is 4. The summed E-state index contributed by atoms with van der Waals surface area (Å²) in [4.78, 5) is 46.8. The number of hydrogen-bond acceptors (Lipinski definition) is 5. The topological polar surface area (TPSA) is 92.3 Å². The average molecular weight is 386 g/mol. The van der Waals surface area contributed by atoms with Gasteiger partial charge in [0.05, 0.1) is 23.2 Å². The van der Waals surface area contributed by atoms with E-state index in [1.165, 1.54) is 7.05 Å². The van der Waals surface area contributed by atoms with Crippen molar-refractivity contribution in [2.75, 3.05) is 12.4 Å². The van der Waals surface area contributed by atoms with Crippen LogP contribution in [0.2, 0.25) is 0 Å². The Morgan fingerprint density at radius 1 is 1.07 bits per heavy atom. The molecular weight excluding hydrogens is 368 g/mol. The van der Waals surface area contributed by atoms with Crippen molar-refractivity contribution in [2.24, 2.45) is 0 Å². The second kappa shape index (κ2) is 7.27. The van der Waals surface area contributed by atoms with E-state index in [2.05, 4.69) is 15.3 Å². The molecule has 1 aliphatic heterocycles. The molecule has 29 heavy (non-hydrogen) atoms. The molecule has 4 rings (SSSR count). The minimum Gasteiger partial charge on any atom is -0.310 e. The Hall–Kier alpha value is -3.87. The molecule has 7 nitrogen and oxygen atoms in total. The van der Waals surface area contributed by atoms with Crippen LogP contribution in [0.4, 0.5) is 5.82 Å². The van der Waals surface area contributed by atoms with Gasteiger partial charge in [0.1, 0.15) is 5.82 Å². The Morgan fingerprint density at radius 2 is 1.90 bits per heavy atom. The van der Waals surface area contributed by atoms with Crippen molar-refractivity contribution in [3.8, 4) is 11.3 Å². The van der Waals surface area contributed by atoms with E-state index in [1.807, 2.05) is 31.2 Å². The normalized spacial score (nSPS) is 12.8. The highest BCUT2D eigenvalue weighted by Crippen LogP contribution is 2.27. The van der Waals surface area contributed by atoms with Crippen LogP contribution >= 0.6 is 0 Å². The Labute approximate surface area is 167 Å². The zero-order valence-corrected chi connectivity index (χ0v) is 16.0. The fourth-order valence-corrected chi connectivity index (χ4v) is 3.38. The van der Waals surface area contributed by atoms with Crippen molar-refractivity contribution in [1.29, 1.82) is 0 Å². The third-order valence-electron chi connectivity index (χ3n) is 4.76. The van der Waals surface area contributed by atoms with Gasteiger partial charge in [-0.1, -0.05) is 12.1 Å². The third kappa shape index (κ3) is 3.50. The van der Waals surface area contributed by atoms with Crippen molar-refractivity contribution in [3.05, 3.63) is 77.1 Å². The maximum absolute atomic E-state index is 12.5. The number of amides is 3. The summed E-state index contributed by atoms with van der Waals surface area (Å²) in [6.07, 6.45) is 3.31. The van der Waals surface area contributed by atoms with Gasteiger partial charge >= 0.3 is 0 Å². The Morgan fingerprint density at radius 3 is 2.59 bits per heavy atom. The highest BCUT2D eigenvalue weighted by atomic mass is 16.2. The number of carbonyl (C=O) groups is 3. The lowest BCUT2D eigenvalue weighted by Crippen LogP contribution is -2.24. The zero-order valence-electron chi connectivity index (χ0n) is 16.0. The summed E-state index contributed by atoms with van der Waals surface area (Å²) in [5.41, 5.74) is 3.63. The Kier molecular flexibility index (Phi) is 4.64. The molecule has 1 aromatic carbocycles. The molecule has 0 aliphatic carbocycles. The van der Waals surface area contributed by atoms with Gasteiger partial charge < -0.3 is 5.32 Å². The second-order valence-electron chi connectivity index (χ2n) is 6.89. The Balaban J connectivity index is 1.52. The van der Waals surface area contributed by atoms with Gasteiger partial charge in [-0.25, -0.2) is 4.98 Å². The number of aryl methyl sites for hydroxylation is 1. The van der Waals surface area contributed by atoms with Gasteiger partial charge in [0.25, 0.3) is 11.8 Å². The number of aromatic nitrogens is 2. The summed E-state index contributed by atoms with van der Waals surface area (Å²) in [7, 11) is 1.44. The molecule has 0 radical (unpaired) electrons. The summed E-state index contributed by atoms with van der Waals surface area (Å²) in [5.74, 6) is -0.642. The molecule has 2 aromatic heterocycles. The number of pyridine rings is 2. The highest BCUT2D eigenvalue weighted by Gasteiger charge is 2.35. The van der Waals surface area contributed by atoms with Crippen LogP contribution in [-0.2, 0) is 11.2 Å². The predicted octanol–water partition coefficient (Wildman–Crippen LogP) is 2.86. The quantitative estimate of drug-likeness (QED) is 0.696. The maximum atomic E-state index is 12.5. The number of hydrogen-bond donors (Lipinski definition) is 1. The summed E-state index contributed by atoms with van der Waals surface area (Å²) in [6, 6.07) is 12.6. The first-order valence-corrected chi connectivity index (χ1v) is 9.07. The van der Waals surface area contributed by atoms with Gasteiger partial charge in [0.2, 0.25) is 5.91 Å². The SMILES string of the molecule is Cc1cc(CC(=O)Nc2ccc(-c3ccccn3)cn2)c2c(c1)C(=O)N(C)C2=O. The van der Waals surface area contributed by atoms with Crippen molar-refractivity contribution in [1.82, 2.24) is 14.9 Å². The number of benzene rings is 1. The van der Waals surface area contributed by atoms with Gasteiger partial charge in [-0.15, -0.1) is 0 Å². The van der Waals surface area contributed by atoms with E-state index in [9.17, 15) is 14.4 Å². The molecule has 3 heterocycles. The van der Waals surface area contributed by atoms with Crippen LogP contribution in [0.1, 0.15) is 31.8 Å². The zero-order chi connectivity index (χ0) is 20.5. The first-order valence-electron chi connectivity index (χ1n) is 9.07. The lowest BCUT2D eigenvalue weighted by atomic mass is 9.97. The average Bonchev–Trinajstić information content (AvgIpc) is 2.93. The molecule has 7 heteroatoms. The van der Waals surface area contributed by atoms with Gasteiger partial charge in [-0.2, -0.15) is 0 Å². The molecule has 0 bridgehead atoms. The van der Waals surface area contributed by atoms with E-state index < -0.39 is 0 Å². The highest BCUT2D eigenvalue weighted by molar-refractivity contribution is 6.22. The van der Waals surface area contributed by atoms with E-state index >= 15 is 0 Å². The van der Waals surface area contributed by atoms with Crippen LogP contribution in [0.3, 0.4) is 0 Å². The van der Waals surface area contributed by atoms with Gasteiger partial charge in [-0.05, 0) is 48.4 Å². The van der Waals surface area contributed by atoms with Crippen LogP contribution in [-0.4, -0.2) is 39.6 Å². The molecule has 0 atom stereocenters. The van der Waals surface area contributed by atoms with Crippen molar-refractivity contribution in [3.63, 3.8) is 0 Å². The minimum atomic E-state index is -0.384. The lowest BCUT2D eigenvalue weighted by Gasteiger charge is -2.09.